The van der Waals surface area contributed by atoms with E-state index < -0.39 is 0 Å². The molecule has 2 aromatic rings. The van der Waals surface area contributed by atoms with Gasteiger partial charge in [0.1, 0.15) is 5.82 Å². The zero-order valence-corrected chi connectivity index (χ0v) is 14.1. The van der Waals surface area contributed by atoms with E-state index >= 15 is 0 Å². The molecule has 1 fully saturated rings. The number of fused-ring (bicyclic) bond motifs is 2. The van der Waals surface area contributed by atoms with E-state index in [0.29, 0.717) is 11.8 Å². The highest BCUT2D eigenvalue weighted by Crippen LogP contribution is 2.47. The third kappa shape index (κ3) is 2.82. The minimum absolute atomic E-state index is 0.101. The maximum atomic E-state index is 13.9. The second-order valence-corrected chi connectivity index (χ2v) is 7.66. The Hall–Kier alpha value is -1.63. The van der Waals surface area contributed by atoms with Gasteiger partial charge in [0.25, 0.3) is 0 Å². The molecule has 0 bridgehead atoms. The summed E-state index contributed by atoms with van der Waals surface area (Å²) < 4.78 is 13.9. The van der Waals surface area contributed by atoms with Gasteiger partial charge >= 0.3 is 0 Å². The number of hydrogen-bond acceptors (Lipinski definition) is 0. The highest BCUT2D eigenvalue weighted by molar-refractivity contribution is 5.45. The summed E-state index contributed by atoms with van der Waals surface area (Å²) in [7, 11) is 0. The zero-order chi connectivity index (χ0) is 16.0. The van der Waals surface area contributed by atoms with Gasteiger partial charge in [0.05, 0.1) is 0 Å². The van der Waals surface area contributed by atoms with Crippen LogP contribution in [0, 0.1) is 17.7 Å². The molecule has 4 rings (SSSR count). The van der Waals surface area contributed by atoms with Crippen LogP contribution in [0.2, 0.25) is 0 Å². The van der Waals surface area contributed by atoms with Gasteiger partial charge in [-0.05, 0) is 83.7 Å². The first-order valence-corrected chi connectivity index (χ1v) is 8.99. The fraction of sp³-hybridized carbons (Fsp3) is 0.455. The summed E-state index contributed by atoms with van der Waals surface area (Å²) in [5.74, 6) is 2.47. The zero-order valence-electron chi connectivity index (χ0n) is 14.1. The lowest BCUT2D eigenvalue weighted by Crippen LogP contribution is -2.13. The molecule has 0 saturated heterocycles. The largest absolute Gasteiger partial charge is 0.207 e. The van der Waals surface area contributed by atoms with Crippen LogP contribution in [0.25, 0.3) is 0 Å². The molecule has 0 spiro atoms. The molecular formula is C22H25F. The quantitative estimate of drug-likeness (QED) is 0.647. The van der Waals surface area contributed by atoms with E-state index in [4.69, 9.17) is 0 Å². The molecular weight excluding hydrogens is 283 g/mol. The van der Waals surface area contributed by atoms with Gasteiger partial charge < -0.3 is 0 Å². The maximum Gasteiger partial charge on any atom is 0.123 e. The summed E-state index contributed by atoms with van der Waals surface area (Å²) in [5.41, 5.74) is 5.43. The molecule has 0 N–H and O–H groups in total. The van der Waals surface area contributed by atoms with E-state index in [1.807, 2.05) is 6.07 Å². The van der Waals surface area contributed by atoms with Crippen molar-refractivity contribution in [3.63, 3.8) is 0 Å². The molecule has 0 nitrogen and oxygen atoms in total. The van der Waals surface area contributed by atoms with E-state index in [1.165, 1.54) is 41.5 Å². The number of rotatable bonds is 3. The molecule has 2 unspecified atom stereocenters. The highest BCUT2D eigenvalue weighted by Gasteiger charge is 2.34. The second-order valence-electron chi connectivity index (χ2n) is 7.66. The maximum absolute atomic E-state index is 13.9. The van der Waals surface area contributed by atoms with Gasteiger partial charge in [0.15, 0.2) is 0 Å². The Balaban J connectivity index is 1.78. The Morgan fingerprint density at radius 3 is 2.57 bits per heavy atom. The van der Waals surface area contributed by atoms with Crippen molar-refractivity contribution < 1.29 is 4.39 Å². The monoisotopic (exact) mass is 308 g/mol. The average molecular weight is 308 g/mol. The molecule has 1 saturated carbocycles. The van der Waals surface area contributed by atoms with Gasteiger partial charge in [0, 0.05) is 0 Å². The van der Waals surface area contributed by atoms with Gasteiger partial charge in [-0.2, -0.15) is 0 Å². The molecule has 1 heteroatoms. The Morgan fingerprint density at radius 2 is 1.78 bits per heavy atom. The first-order valence-electron chi connectivity index (χ1n) is 8.99. The van der Waals surface area contributed by atoms with E-state index in [2.05, 4.69) is 38.1 Å². The molecule has 0 heterocycles. The van der Waals surface area contributed by atoms with E-state index in [9.17, 15) is 4.39 Å². The van der Waals surface area contributed by atoms with Gasteiger partial charge in [0.2, 0.25) is 0 Å². The summed E-state index contributed by atoms with van der Waals surface area (Å²) in [6, 6.07) is 14.2. The van der Waals surface area contributed by atoms with Gasteiger partial charge in [-0.25, -0.2) is 4.39 Å². The summed E-state index contributed by atoms with van der Waals surface area (Å²) in [6.07, 6.45) is 4.95. The van der Waals surface area contributed by atoms with Crippen molar-refractivity contribution in [1.29, 1.82) is 0 Å². The molecule has 2 aliphatic rings. The molecule has 2 aromatic carbocycles. The summed E-state index contributed by atoms with van der Waals surface area (Å²) in [5, 5.41) is 0. The lowest BCUT2D eigenvalue weighted by molar-refractivity contribution is 0.392. The minimum Gasteiger partial charge on any atom is -0.207 e. The van der Waals surface area contributed by atoms with Crippen LogP contribution in [0.5, 0.6) is 0 Å². The summed E-state index contributed by atoms with van der Waals surface area (Å²) >= 11 is 0. The minimum atomic E-state index is -0.101. The number of benzene rings is 2. The van der Waals surface area contributed by atoms with Crippen LogP contribution in [-0.4, -0.2) is 0 Å². The number of halogens is 1. The van der Waals surface area contributed by atoms with Crippen molar-refractivity contribution in [3.05, 3.63) is 70.5 Å². The summed E-state index contributed by atoms with van der Waals surface area (Å²) in [4.78, 5) is 0. The molecule has 0 amide bonds. The number of hydrogen-bond donors (Lipinski definition) is 0. The third-order valence-corrected chi connectivity index (χ3v) is 6.09. The second kappa shape index (κ2) is 5.78. The van der Waals surface area contributed by atoms with Crippen molar-refractivity contribution in [2.45, 2.75) is 51.4 Å². The van der Waals surface area contributed by atoms with E-state index in [-0.39, 0.29) is 5.82 Å². The Labute approximate surface area is 138 Å². The average Bonchev–Trinajstić information content (AvgIpc) is 3.39. The first kappa shape index (κ1) is 14.9. The van der Waals surface area contributed by atoms with Gasteiger partial charge in [-0.15, -0.1) is 0 Å². The lowest BCUT2D eigenvalue weighted by Gasteiger charge is -2.28. The van der Waals surface area contributed by atoms with Crippen LogP contribution in [0.4, 0.5) is 4.39 Å². The Kier molecular flexibility index (Phi) is 3.75. The van der Waals surface area contributed by atoms with Crippen LogP contribution >= 0.6 is 0 Å². The van der Waals surface area contributed by atoms with Gasteiger partial charge in [-0.3, -0.25) is 0 Å². The van der Waals surface area contributed by atoms with Crippen molar-refractivity contribution in [2.75, 3.05) is 0 Å². The molecule has 23 heavy (non-hydrogen) atoms. The predicted octanol–water partition coefficient (Wildman–Crippen LogP) is 6.05. The lowest BCUT2D eigenvalue weighted by atomic mass is 9.77. The predicted molar refractivity (Wildman–Crippen MR) is 93.3 cm³/mol. The molecule has 3 atom stereocenters. The van der Waals surface area contributed by atoms with Crippen molar-refractivity contribution in [1.82, 2.24) is 0 Å². The van der Waals surface area contributed by atoms with E-state index in [0.717, 1.165) is 18.3 Å². The van der Waals surface area contributed by atoms with Crippen LogP contribution in [0.15, 0.2) is 42.5 Å². The van der Waals surface area contributed by atoms with Crippen LogP contribution < -0.4 is 0 Å². The van der Waals surface area contributed by atoms with Crippen LogP contribution in [0.1, 0.15) is 67.2 Å². The highest BCUT2D eigenvalue weighted by atomic mass is 19.1. The standard InChI is InChI=1S/C22H25F/c1-14(16-7-8-16)11-22-15(2)21-13-19(23)10-9-18(21)12-17-5-3-4-6-20(17)22/h3-6,9-10,13-16,22H,7-8,11-12H2,1-2H3/t14?,15?,22-/m0/s1. The van der Waals surface area contributed by atoms with E-state index in [1.54, 1.807) is 12.1 Å². The van der Waals surface area contributed by atoms with Crippen molar-refractivity contribution in [2.24, 2.45) is 11.8 Å². The molecule has 2 aliphatic carbocycles. The molecule has 0 aliphatic heterocycles. The summed E-state index contributed by atoms with van der Waals surface area (Å²) in [6.45, 7) is 4.70. The SMILES string of the molecule is CC(C[C@@H]1c2ccccc2Cc2ccc(F)cc2C1C)C1CC1. The van der Waals surface area contributed by atoms with Crippen LogP contribution in [-0.2, 0) is 6.42 Å². The first-order chi connectivity index (χ1) is 11.1. The molecule has 120 valence electrons. The Bertz CT molecular complexity index is 714. The smallest absolute Gasteiger partial charge is 0.123 e. The Morgan fingerprint density at radius 1 is 1.04 bits per heavy atom. The normalized spacial score (nSPS) is 24.5. The van der Waals surface area contributed by atoms with Crippen LogP contribution in [0.3, 0.4) is 0 Å². The molecule has 0 aromatic heterocycles. The van der Waals surface area contributed by atoms with Crippen molar-refractivity contribution in [3.8, 4) is 0 Å². The fourth-order valence-corrected chi connectivity index (χ4v) is 4.49. The molecule has 0 radical (unpaired) electrons. The van der Waals surface area contributed by atoms with Gasteiger partial charge in [-0.1, -0.05) is 44.2 Å². The topological polar surface area (TPSA) is 0 Å². The fourth-order valence-electron chi connectivity index (χ4n) is 4.49. The van der Waals surface area contributed by atoms with Crippen molar-refractivity contribution >= 4 is 0 Å². The third-order valence-electron chi connectivity index (χ3n) is 6.09.